The minimum absolute atomic E-state index is 0.0474. The Morgan fingerprint density at radius 2 is 2.16 bits per heavy atom. The third kappa shape index (κ3) is 6.03. The van der Waals surface area contributed by atoms with Crippen molar-refractivity contribution < 1.29 is 14.3 Å². The van der Waals surface area contributed by atoms with E-state index in [4.69, 9.17) is 4.74 Å². The quantitative estimate of drug-likeness (QED) is 0.852. The van der Waals surface area contributed by atoms with Crippen LogP contribution in [0.4, 0.5) is 4.79 Å². The van der Waals surface area contributed by atoms with Gasteiger partial charge in [0.05, 0.1) is 18.1 Å². The van der Waals surface area contributed by atoms with Gasteiger partial charge in [-0.15, -0.1) is 0 Å². The fourth-order valence-electron chi connectivity index (χ4n) is 1.46. The van der Waals surface area contributed by atoms with Gasteiger partial charge < -0.3 is 15.0 Å². The highest BCUT2D eigenvalue weighted by atomic mass is 16.6. The smallest absolute Gasteiger partial charge is 0.408 e. The molecule has 1 atom stereocenters. The van der Waals surface area contributed by atoms with Crippen LogP contribution in [0.5, 0.6) is 0 Å². The van der Waals surface area contributed by atoms with Gasteiger partial charge in [-0.2, -0.15) is 0 Å². The maximum Gasteiger partial charge on any atom is 0.408 e. The molecule has 0 saturated heterocycles. The van der Waals surface area contributed by atoms with Crippen molar-refractivity contribution in [1.82, 2.24) is 15.3 Å². The first-order valence-electron chi connectivity index (χ1n) is 6.28. The normalized spacial score (nSPS) is 12.8. The van der Waals surface area contributed by atoms with Crippen LogP contribution in [0.3, 0.4) is 0 Å². The minimum Gasteiger partial charge on any atom is -0.444 e. The molecule has 1 heterocycles. The Labute approximate surface area is 112 Å². The van der Waals surface area contributed by atoms with E-state index in [0.29, 0.717) is 12.8 Å². The molecule has 0 aliphatic carbocycles. The highest BCUT2D eigenvalue weighted by molar-refractivity contribution is 5.87. The fourth-order valence-corrected chi connectivity index (χ4v) is 1.46. The molecule has 0 aliphatic heterocycles. The van der Waals surface area contributed by atoms with Crippen LogP contribution in [0.15, 0.2) is 12.5 Å². The number of carbonyl (C=O) groups excluding carboxylic acids is 2. The number of aryl methyl sites for hydroxylation is 1. The number of carbonyl (C=O) groups is 2. The summed E-state index contributed by atoms with van der Waals surface area (Å²) < 4.78 is 5.09. The molecule has 0 spiro atoms. The summed E-state index contributed by atoms with van der Waals surface area (Å²) in [6.07, 6.45) is 3.64. The summed E-state index contributed by atoms with van der Waals surface area (Å²) in [5.74, 6) is -0.0474. The lowest BCUT2D eigenvalue weighted by molar-refractivity contribution is -0.120. The molecule has 1 aromatic rings. The molecule has 6 heteroatoms. The zero-order chi connectivity index (χ0) is 14.5. The van der Waals surface area contributed by atoms with Crippen LogP contribution in [-0.2, 0) is 16.0 Å². The number of Topliss-reactive ketones (excluding diaryl/α,β-unsaturated/α-hetero) is 1. The van der Waals surface area contributed by atoms with Crippen LogP contribution in [0.25, 0.3) is 0 Å². The van der Waals surface area contributed by atoms with Gasteiger partial charge in [0.25, 0.3) is 0 Å². The molecular formula is C13H21N3O3. The van der Waals surface area contributed by atoms with E-state index in [1.54, 1.807) is 40.2 Å². The third-order valence-corrected chi connectivity index (χ3v) is 2.40. The molecule has 0 unspecified atom stereocenters. The van der Waals surface area contributed by atoms with Crippen LogP contribution < -0.4 is 5.32 Å². The lowest BCUT2D eigenvalue weighted by Gasteiger charge is -2.21. The van der Waals surface area contributed by atoms with Crippen molar-refractivity contribution in [3.8, 4) is 0 Å². The first-order valence-corrected chi connectivity index (χ1v) is 6.28. The van der Waals surface area contributed by atoms with Crippen molar-refractivity contribution >= 4 is 11.9 Å². The number of rotatable bonds is 5. The maximum absolute atomic E-state index is 11.8. The predicted molar refractivity (Wildman–Crippen MR) is 70.7 cm³/mol. The molecule has 0 aliphatic rings. The van der Waals surface area contributed by atoms with E-state index in [9.17, 15) is 9.59 Å². The van der Waals surface area contributed by atoms with Crippen LogP contribution in [-0.4, -0.2) is 33.5 Å². The first kappa shape index (κ1) is 15.2. The number of aromatic amines is 1. The number of imidazole rings is 1. The lowest BCUT2D eigenvalue weighted by atomic mass is 10.1. The monoisotopic (exact) mass is 267 g/mol. The average molecular weight is 267 g/mol. The molecule has 0 radical (unpaired) electrons. The molecule has 6 nitrogen and oxygen atoms in total. The summed E-state index contributed by atoms with van der Waals surface area (Å²) in [4.78, 5) is 30.2. The number of amides is 1. The Hall–Kier alpha value is -1.85. The Balaban J connectivity index is 2.34. The van der Waals surface area contributed by atoms with Gasteiger partial charge in [-0.3, -0.25) is 4.79 Å². The summed E-state index contributed by atoms with van der Waals surface area (Å²) in [6, 6.07) is -0.561. The summed E-state index contributed by atoms with van der Waals surface area (Å²) in [6.45, 7) is 6.97. The van der Waals surface area contributed by atoms with E-state index in [1.165, 1.54) is 0 Å². The molecule has 0 bridgehead atoms. The summed E-state index contributed by atoms with van der Waals surface area (Å²) in [7, 11) is 0. The van der Waals surface area contributed by atoms with Gasteiger partial charge >= 0.3 is 6.09 Å². The highest BCUT2D eigenvalue weighted by Gasteiger charge is 2.20. The topological polar surface area (TPSA) is 84.1 Å². The Kier molecular flexibility index (Phi) is 5.09. The largest absolute Gasteiger partial charge is 0.444 e. The van der Waals surface area contributed by atoms with E-state index in [1.807, 2.05) is 0 Å². The summed E-state index contributed by atoms with van der Waals surface area (Å²) >= 11 is 0. The van der Waals surface area contributed by atoms with Crippen LogP contribution in [0.2, 0.25) is 0 Å². The number of nitrogens with zero attached hydrogens (tertiary/aromatic N) is 1. The molecule has 1 amide bonds. The van der Waals surface area contributed by atoms with Gasteiger partial charge in [0.15, 0.2) is 5.78 Å². The van der Waals surface area contributed by atoms with Gasteiger partial charge in [-0.25, -0.2) is 9.78 Å². The predicted octanol–water partition coefficient (Wildman–Crippen LogP) is 1.82. The number of H-pyrrole nitrogens is 1. The molecule has 0 aromatic carbocycles. The zero-order valence-corrected chi connectivity index (χ0v) is 11.8. The SMILES string of the molecule is C[C@H](NC(=O)OC(C)(C)C)C(=O)CCc1c[nH]cn1. The molecular weight excluding hydrogens is 246 g/mol. The standard InChI is InChI=1S/C13H21N3O3/c1-9(16-12(18)19-13(2,3)4)11(17)6-5-10-7-14-8-15-10/h7-9H,5-6H2,1-4H3,(H,14,15)(H,16,18)/t9-/m0/s1. The number of hydrogen-bond acceptors (Lipinski definition) is 4. The summed E-state index contributed by atoms with van der Waals surface area (Å²) in [5, 5.41) is 2.53. The van der Waals surface area contributed by atoms with Crippen molar-refractivity contribution in [2.75, 3.05) is 0 Å². The Morgan fingerprint density at radius 1 is 1.47 bits per heavy atom. The van der Waals surface area contributed by atoms with Crippen molar-refractivity contribution in [2.45, 2.75) is 52.2 Å². The summed E-state index contributed by atoms with van der Waals surface area (Å²) in [5.41, 5.74) is 0.264. The van der Waals surface area contributed by atoms with Crippen LogP contribution in [0, 0.1) is 0 Å². The van der Waals surface area contributed by atoms with Gasteiger partial charge in [-0.05, 0) is 34.1 Å². The number of alkyl carbamates (subject to hydrolysis) is 1. The maximum atomic E-state index is 11.8. The number of ketones is 1. The number of ether oxygens (including phenoxy) is 1. The third-order valence-electron chi connectivity index (χ3n) is 2.40. The van der Waals surface area contributed by atoms with E-state index in [-0.39, 0.29) is 5.78 Å². The van der Waals surface area contributed by atoms with Crippen molar-refractivity contribution in [3.05, 3.63) is 18.2 Å². The van der Waals surface area contributed by atoms with Crippen molar-refractivity contribution in [1.29, 1.82) is 0 Å². The van der Waals surface area contributed by atoms with Gasteiger partial charge in [-0.1, -0.05) is 0 Å². The van der Waals surface area contributed by atoms with Gasteiger partial charge in [0, 0.05) is 12.6 Å². The Bertz CT molecular complexity index is 421. The van der Waals surface area contributed by atoms with Crippen LogP contribution in [0.1, 0.15) is 39.8 Å². The first-order chi connectivity index (χ1) is 8.78. The number of hydrogen-bond donors (Lipinski definition) is 2. The van der Waals surface area contributed by atoms with E-state index in [2.05, 4.69) is 15.3 Å². The molecule has 106 valence electrons. The van der Waals surface area contributed by atoms with Crippen molar-refractivity contribution in [2.24, 2.45) is 0 Å². The molecule has 0 fully saturated rings. The van der Waals surface area contributed by atoms with Crippen LogP contribution >= 0.6 is 0 Å². The molecule has 1 rings (SSSR count). The van der Waals surface area contributed by atoms with Crippen molar-refractivity contribution in [3.63, 3.8) is 0 Å². The zero-order valence-electron chi connectivity index (χ0n) is 11.8. The molecule has 2 N–H and O–H groups in total. The average Bonchev–Trinajstić information content (AvgIpc) is 2.75. The fraction of sp³-hybridized carbons (Fsp3) is 0.615. The van der Waals surface area contributed by atoms with E-state index < -0.39 is 17.7 Å². The van der Waals surface area contributed by atoms with E-state index in [0.717, 1.165) is 5.69 Å². The minimum atomic E-state index is -0.576. The molecule has 19 heavy (non-hydrogen) atoms. The van der Waals surface area contributed by atoms with Gasteiger partial charge in [0.1, 0.15) is 5.60 Å². The number of nitrogens with one attached hydrogen (secondary N) is 2. The second-order valence-electron chi connectivity index (χ2n) is 5.39. The lowest BCUT2D eigenvalue weighted by Crippen LogP contribution is -2.41. The molecule has 1 aromatic heterocycles. The second kappa shape index (κ2) is 6.36. The second-order valence-corrected chi connectivity index (χ2v) is 5.39. The number of aromatic nitrogens is 2. The van der Waals surface area contributed by atoms with E-state index >= 15 is 0 Å². The van der Waals surface area contributed by atoms with Gasteiger partial charge in [0.2, 0.25) is 0 Å². The highest BCUT2D eigenvalue weighted by Crippen LogP contribution is 2.07. The Morgan fingerprint density at radius 3 is 2.68 bits per heavy atom. The molecule has 0 saturated carbocycles.